The van der Waals surface area contributed by atoms with Crippen molar-refractivity contribution in [3.8, 4) is 11.5 Å². The first kappa shape index (κ1) is 22.1. The molecule has 5 heteroatoms. The minimum atomic E-state index is -0.198. The van der Waals surface area contributed by atoms with Crippen molar-refractivity contribution in [3.63, 3.8) is 0 Å². The van der Waals surface area contributed by atoms with Gasteiger partial charge in [-0.3, -0.25) is 0 Å². The van der Waals surface area contributed by atoms with Crippen molar-refractivity contribution >= 4 is 11.7 Å². The molecule has 2 amide bonds. The van der Waals surface area contributed by atoms with Crippen LogP contribution < -0.4 is 20.1 Å². The van der Waals surface area contributed by atoms with Gasteiger partial charge in [0.15, 0.2) is 0 Å². The molecule has 0 bridgehead atoms. The molecule has 1 rings (SSSR count). The summed E-state index contributed by atoms with van der Waals surface area (Å²) in [5.74, 6) is 1.30. The Kier molecular flexibility index (Phi) is 12.2. The molecule has 0 spiro atoms. The molecule has 5 nitrogen and oxygen atoms in total. The van der Waals surface area contributed by atoms with Gasteiger partial charge in [-0.2, -0.15) is 0 Å². The molecule has 2 N–H and O–H groups in total. The van der Waals surface area contributed by atoms with Gasteiger partial charge < -0.3 is 20.1 Å². The Bertz CT molecular complexity index is 484. The van der Waals surface area contributed by atoms with Crippen molar-refractivity contribution in [2.75, 3.05) is 26.1 Å². The number of carbonyl (C=O) groups is 1. The molecule has 0 saturated heterocycles. The van der Waals surface area contributed by atoms with Crippen molar-refractivity contribution in [2.24, 2.45) is 0 Å². The number of benzene rings is 1. The van der Waals surface area contributed by atoms with Crippen LogP contribution in [-0.2, 0) is 0 Å². The van der Waals surface area contributed by atoms with Crippen molar-refractivity contribution in [2.45, 2.75) is 71.1 Å². The first-order chi connectivity index (χ1) is 12.7. The smallest absolute Gasteiger partial charge is 0.319 e. The number of urea groups is 1. The number of nitrogens with one attached hydrogen (secondary N) is 2. The van der Waals surface area contributed by atoms with Gasteiger partial charge in [0.05, 0.1) is 14.2 Å². The average Bonchev–Trinajstić information content (AvgIpc) is 2.65. The molecule has 0 fully saturated rings. The van der Waals surface area contributed by atoms with E-state index in [2.05, 4.69) is 17.6 Å². The number of hydrogen-bond acceptors (Lipinski definition) is 3. The first-order valence-electron chi connectivity index (χ1n) is 9.97. The third kappa shape index (κ3) is 10.2. The summed E-state index contributed by atoms with van der Waals surface area (Å²) in [7, 11) is 3.17. The maximum Gasteiger partial charge on any atom is 0.319 e. The second kappa shape index (κ2) is 14.3. The lowest BCUT2D eigenvalue weighted by Crippen LogP contribution is -2.29. The fourth-order valence-corrected chi connectivity index (χ4v) is 2.87. The average molecular weight is 365 g/mol. The fourth-order valence-electron chi connectivity index (χ4n) is 2.87. The van der Waals surface area contributed by atoms with E-state index in [1.807, 2.05) is 0 Å². The van der Waals surface area contributed by atoms with Gasteiger partial charge >= 0.3 is 6.03 Å². The van der Waals surface area contributed by atoms with E-state index in [4.69, 9.17) is 9.47 Å². The maximum absolute atomic E-state index is 12.0. The highest BCUT2D eigenvalue weighted by atomic mass is 16.5. The summed E-state index contributed by atoms with van der Waals surface area (Å²) in [5.41, 5.74) is 0.654. The fraction of sp³-hybridized carbons (Fsp3) is 0.667. The number of anilines is 1. The van der Waals surface area contributed by atoms with Crippen LogP contribution in [0.25, 0.3) is 0 Å². The maximum atomic E-state index is 12.0. The lowest BCUT2D eigenvalue weighted by molar-refractivity contribution is 0.252. The summed E-state index contributed by atoms with van der Waals surface area (Å²) in [6.45, 7) is 2.95. The van der Waals surface area contributed by atoms with Crippen LogP contribution in [0, 0.1) is 0 Å². The molecule has 148 valence electrons. The largest absolute Gasteiger partial charge is 0.497 e. The quantitative estimate of drug-likeness (QED) is 0.413. The zero-order valence-electron chi connectivity index (χ0n) is 16.7. The van der Waals surface area contributed by atoms with E-state index in [0.29, 0.717) is 23.7 Å². The lowest BCUT2D eigenvalue weighted by Gasteiger charge is -2.11. The van der Waals surface area contributed by atoms with Gasteiger partial charge in [-0.15, -0.1) is 0 Å². The Morgan fingerprint density at radius 1 is 0.808 bits per heavy atom. The number of amides is 2. The van der Waals surface area contributed by atoms with Crippen LogP contribution in [0.1, 0.15) is 71.1 Å². The second-order valence-corrected chi connectivity index (χ2v) is 6.66. The van der Waals surface area contributed by atoms with E-state index in [1.165, 1.54) is 57.8 Å². The molecule has 0 atom stereocenters. The summed E-state index contributed by atoms with van der Waals surface area (Å²) in [5, 5.41) is 5.72. The summed E-state index contributed by atoms with van der Waals surface area (Å²) < 4.78 is 10.4. The lowest BCUT2D eigenvalue weighted by atomic mass is 10.1. The standard InChI is InChI=1S/C21H36N2O3/c1-4-5-6-7-8-9-10-11-12-13-14-22-21(24)23-18-15-19(25-2)17-20(16-18)26-3/h15-17H,4-14H2,1-3H3,(H2,22,23,24). The number of hydrogen-bond donors (Lipinski definition) is 2. The van der Waals surface area contributed by atoms with Gasteiger partial charge in [0, 0.05) is 30.4 Å². The third-order valence-electron chi connectivity index (χ3n) is 4.43. The predicted octanol–water partition coefficient (Wildman–Crippen LogP) is 5.75. The summed E-state index contributed by atoms with van der Waals surface area (Å²) in [4.78, 5) is 12.0. The number of unbranched alkanes of at least 4 members (excludes halogenated alkanes) is 9. The number of methoxy groups -OCH3 is 2. The van der Waals surface area contributed by atoms with Crippen molar-refractivity contribution in [3.05, 3.63) is 18.2 Å². The Balaban J connectivity index is 2.08. The van der Waals surface area contributed by atoms with E-state index in [9.17, 15) is 4.79 Å². The Morgan fingerprint density at radius 2 is 1.31 bits per heavy atom. The summed E-state index contributed by atoms with van der Waals surface area (Å²) in [6.07, 6.45) is 12.9. The molecule has 1 aromatic carbocycles. The predicted molar refractivity (Wildman–Crippen MR) is 108 cm³/mol. The van der Waals surface area contributed by atoms with Crippen LogP contribution in [0.15, 0.2) is 18.2 Å². The van der Waals surface area contributed by atoms with Crippen molar-refractivity contribution in [1.29, 1.82) is 0 Å². The molecular formula is C21H36N2O3. The van der Waals surface area contributed by atoms with Gasteiger partial charge in [-0.05, 0) is 6.42 Å². The highest BCUT2D eigenvalue weighted by Crippen LogP contribution is 2.25. The Labute approximate surface area is 158 Å². The van der Waals surface area contributed by atoms with Crippen LogP contribution >= 0.6 is 0 Å². The second-order valence-electron chi connectivity index (χ2n) is 6.66. The van der Waals surface area contributed by atoms with Gasteiger partial charge in [0.1, 0.15) is 11.5 Å². The van der Waals surface area contributed by atoms with Crippen LogP contribution in [0.2, 0.25) is 0 Å². The van der Waals surface area contributed by atoms with Gasteiger partial charge in [-0.25, -0.2) is 4.79 Å². The summed E-state index contributed by atoms with van der Waals surface area (Å²) in [6, 6.07) is 5.11. The number of rotatable bonds is 14. The normalized spacial score (nSPS) is 10.4. The minimum Gasteiger partial charge on any atom is -0.497 e. The minimum absolute atomic E-state index is 0.198. The van der Waals surface area contributed by atoms with Crippen LogP contribution in [0.3, 0.4) is 0 Å². The monoisotopic (exact) mass is 364 g/mol. The van der Waals surface area contributed by atoms with E-state index < -0.39 is 0 Å². The molecular weight excluding hydrogens is 328 g/mol. The van der Waals surface area contributed by atoms with E-state index in [1.54, 1.807) is 32.4 Å². The number of carbonyl (C=O) groups excluding carboxylic acids is 1. The SMILES string of the molecule is CCCCCCCCCCCCNC(=O)Nc1cc(OC)cc(OC)c1. The highest BCUT2D eigenvalue weighted by molar-refractivity contribution is 5.89. The van der Waals surface area contributed by atoms with Crippen LogP contribution in [0.5, 0.6) is 11.5 Å². The van der Waals surface area contributed by atoms with Crippen molar-refractivity contribution in [1.82, 2.24) is 5.32 Å². The van der Waals surface area contributed by atoms with E-state index in [-0.39, 0.29) is 6.03 Å². The first-order valence-corrected chi connectivity index (χ1v) is 9.97. The number of ether oxygens (including phenoxy) is 2. The van der Waals surface area contributed by atoms with Crippen LogP contribution in [-0.4, -0.2) is 26.8 Å². The van der Waals surface area contributed by atoms with Crippen LogP contribution in [0.4, 0.5) is 10.5 Å². The van der Waals surface area contributed by atoms with E-state index in [0.717, 1.165) is 6.42 Å². The zero-order chi connectivity index (χ0) is 19.0. The van der Waals surface area contributed by atoms with Crippen molar-refractivity contribution < 1.29 is 14.3 Å². The molecule has 1 aromatic rings. The topological polar surface area (TPSA) is 59.6 Å². The molecule has 0 aliphatic heterocycles. The molecule has 0 unspecified atom stereocenters. The molecule has 0 heterocycles. The molecule has 0 aromatic heterocycles. The molecule has 0 aliphatic rings. The van der Waals surface area contributed by atoms with Gasteiger partial charge in [0.25, 0.3) is 0 Å². The summed E-state index contributed by atoms with van der Waals surface area (Å²) >= 11 is 0. The van der Waals surface area contributed by atoms with E-state index >= 15 is 0 Å². The Hall–Kier alpha value is -1.91. The third-order valence-corrected chi connectivity index (χ3v) is 4.43. The molecule has 0 aliphatic carbocycles. The van der Waals surface area contributed by atoms with Gasteiger partial charge in [0.2, 0.25) is 0 Å². The Morgan fingerprint density at radius 3 is 1.81 bits per heavy atom. The van der Waals surface area contributed by atoms with Gasteiger partial charge in [-0.1, -0.05) is 64.7 Å². The molecule has 0 saturated carbocycles. The highest BCUT2D eigenvalue weighted by Gasteiger charge is 2.05. The molecule has 26 heavy (non-hydrogen) atoms. The molecule has 0 radical (unpaired) electrons. The zero-order valence-corrected chi connectivity index (χ0v) is 16.7.